The topological polar surface area (TPSA) is 6.48 Å². The predicted octanol–water partition coefficient (Wildman–Crippen LogP) is 23.7. The van der Waals surface area contributed by atoms with Gasteiger partial charge in [-0.25, -0.2) is 0 Å². The highest BCUT2D eigenvalue weighted by Gasteiger charge is 2.27. The van der Waals surface area contributed by atoms with Crippen LogP contribution in [0.1, 0.15) is 40.7 Å². The predicted molar refractivity (Wildman–Crippen MR) is 378 cm³/mol. The molecule has 88 heavy (non-hydrogen) atoms. The van der Waals surface area contributed by atoms with Crippen molar-refractivity contribution in [1.82, 2.24) is 0 Å². The monoisotopic (exact) mass is 1120 g/mol. The maximum absolute atomic E-state index is 4.00. The van der Waals surface area contributed by atoms with Gasteiger partial charge in [0, 0.05) is 17.1 Å². The molecule has 2 aliphatic carbocycles. The standard InChI is InChI=1S/C86H64N2/c1-5-61-26-34-65(35-27-61)72-16-12-19-75(56-72)69-42-49-82(50-43-69)87(81-24-10-9-11-25-81)85-55-48-80(79-23-15-22-78(59-79)68-40-32-64(8-4)33-41-68)60-86(85)88(83-51-44-70(45-52-83)76-20-13-17-73(57-76)66-36-28-62(6-2)29-37-66)84-53-46-71(47-54-84)77-21-14-18-74(58-77)67-38-30-63(7-3)31-39-67/h5-10,12-24,26-46,48-53,55-60H,1-4,47,54H2. The highest BCUT2D eigenvalue weighted by Crippen LogP contribution is 2.47. The normalized spacial score (nSPS) is 12.3. The van der Waals surface area contributed by atoms with Crippen LogP contribution in [0.5, 0.6) is 0 Å². The molecule has 0 heterocycles. The van der Waals surface area contributed by atoms with Crippen molar-refractivity contribution in [3.05, 3.63) is 368 Å². The Morgan fingerprint density at radius 3 is 1.01 bits per heavy atom. The number of hydrogen-bond donors (Lipinski definition) is 0. The van der Waals surface area contributed by atoms with E-state index in [1.165, 1.54) is 28.0 Å². The lowest BCUT2D eigenvalue weighted by Crippen LogP contribution is -2.23. The van der Waals surface area contributed by atoms with Crippen LogP contribution in [0.2, 0.25) is 0 Å². The fourth-order valence-electron chi connectivity index (χ4n) is 11.9. The molecule has 0 saturated heterocycles. The maximum atomic E-state index is 4.00. The van der Waals surface area contributed by atoms with E-state index in [-0.39, 0.29) is 0 Å². The van der Waals surface area contributed by atoms with Gasteiger partial charge in [0.15, 0.2) is 0 Å². The van der Waals surface area contributed by atoms with Crippen LogP contribution in [0.3, 0.4) is 0 Å². The number of hydrogen-bond acceptors (Lipinski definition) is 2. The number of anilines is 4. The average Bonchev–Trinajstić information content (AvgIpc) is 2.03. The van der Waals surface area contributed by atoms with E-state index >= 15 is 0 Å². The van der Waals surface area contributed by atoms with Gasteiger partial charge in [-0.05, 0) is 209 Å². The summed E-state index contributed by atoms with van der Waals surface area (Å²) in [4.78, 5) is 4.82. The number of allylic oxidation sites excluding steroid dienone is 7. The largest absolute Gasteiger partial charge is 0.312 e. The van der Waals surface area contributed by atoms with E-state index in [1.54, 1.807) is 0 Å². The molecule has 0 N–H and O–H groups in total. The molecule has 0 amide bonds. The number of benzene rings is 11. The first-order valence-electron chi connectivity index (χ1n) is 29.9. The van der Waals surface area contributed by atoms with Crippen molar-refractivity contribution in [2.45, 2.75) is 12.8 Å². The zero-order valence-electron chi connectivity index (χ0n) is 49.2. The van der Waals surface area contributed by atoms with E-state index in [2.05, 4.69) is 327 Å². The molecule has 11 aromatic rings. The quantitative estimate of drug-likeness (QED) is 0.0790. The van der Waals surface area contributed by atoms with Crippen LogP contribution < -0.4 is 9.80 Å². The molecule has 0 aliphatic heterocycles. The molecule has 2 nitrogen and oxygen atoms in total. The molecule has 0 bridgehead atoms. The van der Waals surface area contributed by atoms with Gasteiger partial charge in [-0.1, -0.05) is 269 Å². The minimum Gasteiger partial charge on any atom is -0.312 e. The molecule has 0 aromatic heterocycles. The summed E-state index contributed by atoms with van der Waals surface area (Å²) in [5.74, 6) is 0. The van der Waals surface area contributed by atoms with E-state index in [1.807, 2.05) is 36.5 Å². The van der Waals surface area contributed by atoms with Gasteiger partial charge in [-0.2, -0.15) is 0 Å². The van der Waals surface area contributed by atoms with Crippen LogP contribution in [0.4, 0.5) is 22.7 Å². The summed E-state index contributed by atoms with van der Waals surface area (Å²) in [6.07, 6.45) is 19.9. The van der Waals surface area contributed by atoms with E-state index in [4.69, 9.17) is 0 Å². The highest BCUT2D eigenvalue weighted by molar-refractivity contribution is 5.92. The minimum atomic E-state index is 0.787. The van der Waals surface area contributed by atoms with E-state index < -0.39 is 0 Å². The maximum Gasteiger partial charge on any atom is 0.0974 e. The molecule has 0 unspecified atom stereocenters. The van der Waals surface area contributed by atoms with Gasteiger partial charge < -0.3 is 9.80 Å². The van der Waals surface area contributed by atoms with Crippen molar-refractivity contribution in [2.75, 3.05) is 9.80 Å². The van der Waals surface area contributed by atoms with E-state index in [9.17, 15) is 0 Å². The summed E-state index contributed by atoms with van der Waals surface area (Å²) in [7, 11) is 0. The number of rotatable bonds is 18. The van der Waals surface area contributed by atoms with Gasteiger partial charge in [0.25, 0.3) is 0 Å². The van der Waals surface area contributed by atoms with Crippen molar-refractivity contribution >= 4 is 52.6 Å². The molecule has 0 radical (unpaired) electrons. The summed E-state index contributed by atoms with van der Waals surface area (Å²) in [5.41, 5.74) is 35.9. The Hall–Kier alpha value is -11.5. The molecular formula is C86H64N2. The Balaban J connectivity index is 0.969. The molecule has 0 fully saturated rings. The Labute approximate surface area is 518 Å². The lowest BCUT2D eigenvalue weighted by molar-refractivity contribution is 0.929. The molecule has 0 spiro atoms. The Bertz CT molecular complexity index is 4650. The van der Waals surface area contributed by atoms with Crippen molar-refractivity contribution in [2.24, 2.45) is 0 Å². The molecule has 0 atom stereocenters. The van der Waals surface area contributed by atoms with Crippen LogP contribution in [0.25, 0.3) is 108 Å². The number of nitrogens with zero attached hydrogens (tertiary/aromatic N) is 2. The van der Waals surface area contributed by atoms with Crippen LogP contribution in [-0.4, -0.2) is 0 Å². The first-order valence-corrected chi connectivity index (χ1v) is 29.9. The summed E-state index contributed by atoms with van der Waals surface area (Å²) >= 11 is 0. The second kappa shape index (κ2) is 25.4. The summed E-state index contributed by atoms with van der Waals surface area (Å²) < 4.78 is 0. The molecule has 2 heteroatoms. The molecule has 11 aromatic carbocycles. The summed E-state index contributed by atoms with van der Waals surface area (Å²) in [6, 6.07) is 94.8. The average molecular weight is 1130 g/mol. The smallest absolute Gasteiger partial charge is 0.0974 e. The lowest BCUT2D eigenvalue weighted by atomic mass is 9.92. The SMILES string of the molecule is C=Cc1ccc(-c2cccc(C3=CC=C(N(c4ccc(-c5cccc(-c6ccc(C=C)cc6)c5)cc4)c4cc(-c5cccc(-c6ccc(C=C)cc6)c5)ccc4N(C4=C=C=CC=C4)c4ccc(-c5cccc(-c6ccc(C=C)cc6)c5)cc4)CC3)c2)cc1. The highest BCUT2D eigenvalue weighted by atomic mass is 15.2. The van der Waals surface area contributed by atoms with Gasteiger partial charge in [0.05, 0.1) is 17.1 Å². The summed E-state index contributed by atoms with van der Waals surface area (Å²) in [5, 5.41) is 0. The summed E-state index contributed by atoms with van der Waals surface area (Å²) in [6.45, 7) is 15.9. The molecule has 2 aliphatic rings. The van der Waals surface area contributed by atoms with Gasteiger partial charge in [-0.3, -0.25) is 0 Å². The van der Waals surface area contributed by atoms with Crippen LogP contribution in [0.15, 0.2) is 340 Å². The van der Waals surface area contributed by atoms with Crippen molar-refractivity contribution in [3.8, 4) is 77.9 Å². The van der Waals surface area contributed by atoms with Crippen LogP contribution >= 0.6 is 0 Å². The zero-order chi connectivity index (χ0) is 59.8. The lowest BCUT2D eigenvalue weighted by Gasteiger charge is -2.35. The van der Waals surface area contributed by atoms with E-state index in [0.717, 1.165) is 130 Å². The first kappa shape index (κ1) is 55.7. The Kier molecular flexibility index (Phi) is 16.1. The van der Waals surface area contributed by atoms with Gasteiger partial charge in [0.1, 0.15) is 0 Å². The third-order valence-corrected chi connectivity index (χ3v) is 16.7. The minimum absolute atomic E-state index is 0.787. The van der Waals surface area contributed by atoms with Gasteiger partial charge in [0.2, 0.25) is 0 Å². The molecule has 418 valence electrons. The Morgan fingerprint density at radius 1 is 0.307 bits per heavy atom. The van der Waals surface area contributed by atoms with Gasteiger partial charge in [-0.15, -0.1) is 0 Å². The van der Waals surface area contributed by atoms with Crippen LogP contribution in [0, 0.1) is 0 Å². The molecule has 0 saturated carbocycles. The second-order valence-corrected chi connectivity index (χ2v) is 22.1. The third-order valence-electron chi connectivity index (χ3n) is 16.7. The first-order chi connectivity index (χ1) is 43.4. The Morgan fingerprint density at radius 2 is 0.648 bits per heavy atom. The third kappa shape index (κ3) is 12.0. The zero-order valence-corrected chi connectivity index (χ0v) is 49.2. The van der Waals surface area contributed by atoms with E-state index in [0.29, 0.717) is 0 Å². The van der Waals surface area contributed by atoms with Crippen molar-refractivity contribution < 1.29 is 0 Å². The van der Waals surface area contributed by atoms with Crippen molar-refractivity contribution in [1.29, 1.82) is 0 Å². The molecular weight excluding hydrogens is 1060 g/mol. The second-order valence-electron chi connectivity index (χ2n) is 22.1. The van der Waals surface area contributed by atoms with Crippen molar-refractivity contribution in [3.63, 3.8) is 0 Å². The van der Waals surface area contributed by atoms with Gasteiger partial charge >= 0.3 is 0 Å². The fourth-order valence-corrected chi connectivity index (χ4v) is 11.9. The van der Waals surface area contributed by atoms with Crippen LogP contribution in [-0.2, 0) is 0 Å². The molecule has 13 rings (SSSR count). The fraction of sp³-hybridized carbons (Fsp3) is 0.0233.